The Morgan fingerprint density at radius 3 is 2.50 bits per heavy atom. The van der Waals surface area contributed by atoms with Crippen LogP contribution in [-0.2, 0) is 0 Å². The van der Waals surface area contributed by atoms with E-state index in [0.717, 1.165) is 10.3 Å². The number of hydroxylamine groups is 1. The van der Waals surface area contributed by atoms with Gasteiger partial charge in [-0.2, -0.15) is 0 Å². The van der Waals surface area contributed by atoms with Gasteiger partial charge in [0.05, 0.1) is 19.8 Å². The number of hydrogen-bond donors (Lipinski definition) is 0. The first-order valence-corrected chi connectivity index (χ1v) is 4.14. The number of benzene rings is 1. The van der Waals surface area contributed by atoms with Gasteiger partial charge in [-0.05, 0) is 12.1 Å². The fraction of sp³-hybridized carbons (Fsp3) is 0.300. The smallest absolute Gasteiger partial charge is 0.185 e. The van der Waals surface area contributed by atoms with Gasteiger partial charge >= 0.3 is 0 Å². The molecule has 0 bridgehead atoms. The van der Waals surface area contributed by atoms with Crippen LogP contribution in [0.5, 0.6) is 11.5 Å². The number of methoxy groups -OCH3 is 2. The molecule has 14 heavy (non-hydrogen) atoms. The molecular weight excluding hydrogens is 182 g/mol. The van der Waals surface area contributed by atoms with E-state index in [2.05, 4.69) is 0 Å². The molecule has 0 fully saturated rings. The number of nitrogens with zero attached hydrogens (tertiary/aromatic N) is 1. The van der Waals surface area contributed by atoms with Crippen LogP contribution >= 0.6 is 0 Å². The summed E-state index contributed by atoms with van der Waals surface area (Å²) in [6.07, 6.45) is 1.44. The van der Waals surface area contributed by atoms with Crippen LogP contribution in [0.4, 0.5) is 0 Å². The molecule has 76 valence electrons. The summed E-state index contributed by atoms with van der Waals surface area (Å²) in [5.74, 6) is 1.32. The van der Waals surface area contributed by atoms with Crippen LogP contribution in [0.15, 0.2) is 18.2 Å². The van der Waals surface area contributed by atoms with Crippen molar-refractivity contribution in [3.05, 3.63) is 29.0 Å². The molecule has 0 saturated heterocycles. The summed E-state index contributed by atoms with van der Waals surface area (Å²) in [6, 6.07) is 5.28. The Kier molecular flexibility index (Phi) is 3.34. The Morgan fingerprint density at radius 2 is 2.00 bits per heavy atom. The van der Waals surface area contributed by atoms with Gasteiger partial charge < -0.3 is 14.7 Å². The van der Waals surface area contributed by atoms with Gasteiger partial charge in [0.1, 0.15) is 18.5 Å². The summed E-state index contributed by atoms with van der Waals surface area (Å²) in [7, 11) is 4.55. The minimum Gasteiger partial charge on any atom is -0.624 e. The highest BCUT2D eigenvalue weighted by atomic mass is 16.5. The number of ether oxygens (including phenoxy) is 2. The van der Waals surface area contributed by atoms with Gasteiger partial charge in [-0.15, -0.1) is 0 Å². The highest BCUT2D eigenvalue weighted by molar-refractivity contribution is 5.80. The van der Waals surface area contributed by atoms with E-state index in [1.54, 1.807) is 32.4 Å². The molecular formula is C10H13NO3. The zero-order chi connectivity index (χ0) is 10.6. The lowest BCUT2D eigenvalue weighted by Crippen LogP contribution is -2.00. The Bertz CT molecular complexity index is 343. The fourth-order valence-corrected chi connectivity index (χ4v) is 1.12. The molecule has 1 rings (SSSR count). The van der Waals surface area contributed by atoms with E-state index >= 15 is 0 Å². The fourth-order valence-electron chi connectivity index (χ4n) is 1.12. The van der Waals surface area contributed by atoms with E-state index in [0.29, 0.717) is 11.5 Å². The van der Waals surface area contributed by atoms with Crippen LogP contribution in [0.3, 0.4) is 0 Å². The van der Waals surface area contributed by atoms with Gasteiger partial charge in [0, 0.05) is 6.07 Å². The lowest BCUT2D eigenvalue weighted by molar-refractivity contribution is -0.416. The van der Waals surface area contributed by atoms with Crippen LogP contribution in [0, 0.1) is 5.21 Å². The van der Waals surface area contributed by atoms with E-state index < -0.39 is 0 Å². The Balaban J connectivity index is 3.11. The minimum absolute atomic E-state index is 0.618. The predicted molar refractivity (Wildman–Crippen MR) is 54.3 cm³/mol. The van der Waals surface area contributed by atoms with E-state index in [-0.39, 0.29) is 0 Å². The predicted octanol–water partition coefficient (Wildman–Crippen LogP) is 1.26. The third kappa shape index (κ3) is 2.39. The van der Waals surface area contributed by atoms with Crippen molar-refractivity contribution in [2.75, 3.05) is 21.3 Å². The summed E-state index contributed by atoms with van der Waals surface area (Å²) in [5, 5.41) is 10.8. The summed E-state index contributed by atoms with van der Waals surface area (Å²) in [5.41, 5.74) is 0.728. The van der Waals surface area contributed by atoms with E-state index in [9.17, 15) is 5.21 Å². The third-order valence-electron chi connectivity index (χ3n) is 1.76. The molecule has 4 nitrogen and oxygen atoms in total. The van der Waals surface area contributed by atoms with Crippen LogP contribution in [0.25, 0.3) is 0 Å². The van der Waals surface area contributed by atoms with Crippen LogP contribution in [0.2, 0.25) is 0 Å². The quantitative estimate of drug-likeness (QED) is 0.315. The Labute approximate surface area is 83.0 Å². The highest BCUT2D eigenvalue weighted by Crippen LogP contribution is 2.22. The maximum absolute atomic E-state index is 10.8. The molecule has 0 aliphatic carbocycles. The monoisotopic (exact) mass is 195 g/mol. The second-order valence-electron chi connectivity index (χ2n) is 2.78. The van der Waals surface area contributed by atoms with Crippen molar-refractivity contribution in [2.24, 2.45) is 0 Å². The molecule has 0 N–H and O–H groups in total. The Hall–Kier alpha value is -1.71. The average Bonchev–Trinajstić information content (AvgIpc) is 2.17. The molecule has 0 radical (unpaired) electrons. The summed E-state index contributed by atoms with van der Waals surface area (Å²) in [6.45, 7) is 0. The van der Waals surface area contributed by atoms with Crippen molar-refractivity contribution >= 4 is 6.21 Å². The van der Waals surface area contributed by atoms with Crippen LogP contribution < -0.4 is 9.47 Å². The van der Waals surface area contributed by atoms with Gasteiger partial charge in [-0.25, -0.2) is 4.74 Å². The molecule has 0 aromatic heterocycles. The van der Waals surface area contributed by atoms with Gasteiger partial charge in [-0.3, -0.25) is 0 Å². The zero-order valence-corrected chi connectivity index (χ0v) is 8.48. The largest absolute Gasteiger partial charge is 0.624 e. The van der Waals surface area contributed by atoms with Crippen molar-refractivity contribution in [1.29, 1.82) is 0 Å². The molecule has 0 aliphatic rings. The molecule has 0 saturated carbocycles. The Morgan fingerprint density at radius 1 is 1.29 bits per heavy atom. The van der Waals surface area contributed by atoms with Gasteiger partial charge in [-0.1, -0.05) is 0 Å². The molecule has 4 heteroatoms. The van der Waals surface area contributed by atoms with E-state index in [1.807, 2.05) is 0 Å². The first-order valence-electron chi connectivity index (χ1n) is 4.14. The van der Waals surface area contributed by atoms with Crippen molar-refractivity contribution in [3.8, 4) is 11.5 Å². The lowest BCUT2D eigenvalue weighted by Gasteiger charge is -2.06. The van der Waals surface area contributed by atoms with Gasteiger partial charge in [0.15, 0.2) is 6.21 Å². The van der Waals surface area contributed by atoms with E-state index in [4.69, 9.17) is 9.47 Å². The van der Waals surface area contributed by atoms with Gasteiger partial charge in [0.2, 0.25) is 0 Å². The second kappa shape index (κ2) is 4.50. The minimum atomic E-state index is 0.618. The SMILES string of the molecule is COc1ccc(C=[N+](C)[O-])c(OC)c1. The molecule has 1 aromatic rings. The first kappa shape index (κ1) is 10.4. The normalized spacial score (nSPS) is 11.2. The van der Waals surface area contributed by atoms with Crippen molar-refractivity contribution in [2.45, 2.75) is 0 Å². The van der Waals surface area contributed by atoms with Crippen molar-refractivity contribution in [1.82, 2.24) is 0 Å². The topological polar surface area (TPSA) is 44.5 Å². The van der Waals surface area contributed by atoms with Crippen molar-refractivity contribution in [3.63, 3.8) is 0 Å². The van der Waals surface area contributed by atoms with Crippen LogP contribution in [-0.4, -0.2) is 32.2 Å². The molecule has 0 spiro atoms. The summed E-state index contributed by atoms with van der Waals surface area (Å²) >= 11 is 0. The molecule has 1 aromatic carbocycles. The maximum atomic E-state index is 10.8. The maximum Gasteiger partial charge on any atom is 0.185 e. The molecule has 0 heterocycles. The molecule has 0 unspecified atom stereocenters. The number of hydrogen-bond acceptors (Lipinski definition) is 3. The summed E-state index contributed by atoms with van der Waals surface area (Å²) < 4.78 is 10.9. The molecule has 0 aliphatic heterocycles. The van der Waals surface area contributed by atoms with Crippen LogP contribution in [0.1, 0.15) is 5.56 Å². The first-order chi connectivity index (χ1) is 6.67. The molecule has 0 amide bonds. The van der Waals surface area contributed by atoms with Crippen molar-refractivity contribution < 1.29 is 14.2 Å². The molecule has 0 atom stereocenters. The average molecular weight is 195 g/mol. The van der Waals surface area contributed by atoms with Gasteiger partial charge in [0.25, 0.3) is 0 Å². The lowest BCUT2D eigenvalue weighted by atomic mass is 10.2. The highest BCUT2D eigenvalue weighted by Gasteiger charge is 2.04. The van der Waals surface area contributed by atoms with E-state index in [1.165, 1.54) is 13.3 Å². The third-order valence-corrected chi connectivity index (χ3v) is 1.76. The second-order valence-corrected chi connectivity index (χ2v) is 2.78. The number of rotatable bonds is 3. The standard InChI is InChI=1S/C10H13NO3/c1-11(12)7-8-4-5-9(13-2)6-10(8)14-3/h4-7H,1-3H3. The zero-order valence-electron chi connectivity index (χ0n) is 8.48. The summed E-state index contributed by atoms with van der Waals surface area (Å²) in [4.78, 5) is 0.